The molecule has 0 aliphatic carbocycles. The molecule has 2 heterocycles. The predicted molar refractivity (Wildman–Crippen MR) is 99.5 cm³/mol. The van der Waals surface area contributed by atoms with Gasteiger partial charge in [-0.3, -0.25) is 9.36 Å². The Bertz CT molecular complexity index is 1170. The van der Waals surface area contributed by atoms with Crippen molar-refractivity contribution < 1.29 is 22.7 Å². The van der Waals surface area contributed by atoms with Crippen LogP contribution in [-0.4, -0.2) is 49.8 Å². The number of nitrogens with zero attached hydrogens (tertiary/aromatic N) is 1. The number of allylic oxidation sites excluding steroid dienone is 1. The number of nitrogens with one attached hydrogen (secondary N) is 2. The first kappa shape index (κ1) is 20.0. The van der Waals surface area contributed by atoms with E-state index in [9.17, 15) is 22.8 Å². The van der Waals surface area contributed by atoms with Crippen molar-refractivity contribution in [3.05, 3.63) is 51.2 Å². The summed E-state index contributed by atoms with van der Waals surface area (Å²) >= 11 is 0. The van der Waals surface area contributed by atoms with Gasteiger partial charge in [-0.05, 0) is 25.1 Å². The molecule has 0 bridgehead atoms. The summed E-state index contributed by atoms with van der Waals surface area (Å²) < 4.78 is 38.1. The van der Waals surface area contributed by atoms with Crippen LogP contribution < -0.4 is 16.0 Å². The van der Waals surface area contributed by atoms with Crippen molar-refractivity contribution in [2.75, 3.05) is 20.3 Å². The molecule has 28 heavy (non-hydrogen) atoms. The molecule has 3 rings (SSSR count). The number of ether oxygens (including phenoxy) is 2. The number of H-pyrrole nitrogens is 1. The van der Waals surface area contributed by atoms with Crippen LogP contribution in [0.15, 0.2) is 44.8 Å². The summed E-state index contributed by atoms with van der Waals surface area (Å²) in [4.78, 5) is 38.3. The highest BCUT2D eigenvalue weighted by Gasteiger charge is 2.37. The minimum Gasteiger partial charge on any atom is -0.466 e. The lowest BCUT2D eigenvalue weighted by Crippen LogP contribution is -2.59. The Labute approximate surface area is 159 Å². The summed E-state index contributed by atoms with van der Waals surface area (Å²) in [6.07, 6.45) is 2.39. The molecule has 1 aliphatic heterocycles. The Morgan fingerprint density at radius 2 is 2.11 bits per heavy atom. The summed E-state index contributed by atoms with van der Waals surface area (Å²) in [6.45, 7) is 2.05. The van der Waals surface area contributed by atoms with Crippen molar-refractivity contribution in [3.8, 4) is 0 Å². The van der Waals surface area contributed by atoms with Gasteiger partial charge in [-0.25, -0.2) is 22.7 Å². The van der Waals surface area contributed by atoms with Crippen LogP contribution in [0.1, 0.15) is 6.92 Å². The van der Waals surface area contributed by atoms with Crippen molar-refractivity contribution in [3.63, 3.8) is 0 Å². The fourth-order valence-corrected chi connectivity index (χ4v) is 4.14. The van der Waals surface area contributed by atoms with Crippen LogP contribution in [0, 0.1) is 0 Å². The van der Waals surface area contributed by atoms with Gasteiger partial charge in [0.2, 0.25) is 10.0 Å². The van der Waals surface area contributed by atoms with E-state index in [0.29, 0.717) is 0 Å². The van der Waals surface area contributed by atoms with Gasteiger partial charge in [0.1, 0.15) is 0 Å². The molecule has 0 amide bonds. The van der Waals surface area contributed by atoms with E-state index in [-0.39, 0.29) is 35.6 Å². The van der Waals surface area contributed by atoms with Gasteiger partial charge < -0.3 is 14.5 Å². The Kier molecular flexibility index (Phi) is 5.24. The molecule has 0 saturated carbocycles. The van der Waals surface area contributed by atoms with Crippen LogP contribution >= 0.6 is 0 Å². The number of fused-ring (bicyclic) bond motifs is 1. The summed E-state index contributed by atoms with van der Waals surface area (Å²) in [6, 6.07) is 3.88. The number of hydrogen-bond donors (Lipinski definition) is 2. The number of aromatic amines is 1. The molecule has 0 unspecified atom stereocenters. The average molecular weight is 409 g/mol. The molecule has 0 radical (unpaired) electrons. The van der Waals surface area contributed by atoms with Gasteiger partial charge in [0.15, 0.2) is 0 Å². The number of aromatic nitrogens is 2. The minimum absolute atomic E-state index is 0.0314. The van der Waals surface area contributed by atoms with Gasteiger partial charge in [-0.15, -0.1) is 0 Å². The van der Waals surface area contributed by atoms with Gasteiger partial charge >= 0.3 is 11.7 Å². The van der Waals surface area contributed by atoms with E-state index in [0.717, 1.165) is 10.6 Å². The average Bonchev–Trinajstić information content (AvgIpc) is 2.62. The fraction of sp³-hybridized carbons (Fsp3) is 0.353. The molecule has 1 aliphatic rings. The number of methoxy groups -OCH3 is 1. The van der Waals surface area contributed by atoms with E-state index in [1.54, 1.807) is 6.92 Å². The highest BCUT2D eigenvalue weighted by Crippen LogP contribution is 2.21. The van der Waals surface area contributed by atoms with Crippen molar-refractivity contribution in [2.24, 2.45) is 0 Å². The topological polar surface area (TPSA) is 137 Å². The lowest BCUT2D eigenvalue weighted by molar-refractivity contribution is -0.134. The van der Waals surface area contributed by atoms with E-state index in [1.807, 2.05) is 0 Å². The van der Waals surface area contributed by atoms with Crippen LogP contribution in [0.3, 0.4) is 0 Å². The molecular weight excluding hydrogens is 390 g/mol. The molecule has 1 saturated heterocycles. The monoisotopic (exact) mass is 409 g/mol. The normalized spacial score (nSPS) is 16.2. The summed E-state index contributed by atoms with van der Waals surface area (Å²) in [7, 11) is -2.68. The zero-order valence-corrected chi connectivity index (χ0v) is 16.0. The number of esters is 1. The van der Waals surface area contributed by atoms with E-state index in [4.69, 9.17) is 4.74 Å². The first-order chi connectivity index (χ1) is 13.1. The van der Waals surface area contributed by atoms with Gasteiger partial charge in [0, 0.05) is 12.6 Å². The van der Waals surface area contributed by atoms with Gasteiger partial charge in [-0.1, -0.05) is 6.08 Å². The Morgan fingerprint density at radius 1 is 1.39 bits per heavy atom. The molecule has 0 spiro atoms. The van der Waals surface area contributed by atoms with E-state index in [1.165, 1.54) is 31.4 Å². The van der Waals surface area contributed by atoms with Gasteiger partial charge in [-0.2, -0.15) is 0 Å². The molecule has 2 N–H and O–H groups in total. The quantitative estimate of drug-likeness (QED) is 0.484. The van der Waals surface area contributed by atoms with Crippen LogP contribution in [-0.2, 0) is 30.8 Å². The molecule has 1 aromatic carbocycles. The number of sulfonamides is 1. The van der Waals surface area contributed by atoms with Crippen LogP contribution in [0.4, 0.5) is 0 Å². The largest absolute Gasteiger partial charge is 0.466 e. The zero-order chi connectivity index (χ0) is 20.5. The fourth-order valence-electron chi connectivity index (χ4n) is 2.74. The van der Waals surface area contributed by atoms with Crippen LogP contribution in [0.25, 0.3) is 10.9 Å². The third-order valence-electron chi connectivity index (χ3n) is 4.23. The van der Waals surface area contributed by atoms with Crippen LogP contribution in [0.2, 0.25) is 0 Å². The number of rotatable bonds is 6. The van der Waals surface area contributed by atoms with Crippen LogP contribution in [0.5, 0.6) is 0 Å². The molecule has 1 aromatic heterocycles. The molecule has 10 nitrogen and oxygen atoms in total. The number of carbonyl (C=O) groups excluding carboxylic acids is 1. The highest BCUT2D eigenvalue weighted by molar-refractivity contribution is 7.89. The highest BCUT2D eigenvalue weighted by atomic mass is 32.2. The van der Waals surface area contributed by atoms with Crippen molar-refractivity contribution in [1.82, 2.24) is 14.3 Å². The van der Waals surface area contributed by atoms with E-state index < -0.39 is 32.8 Å². The molecule has 11 heteroatoms. The van der Waals surface area contributed by atoms with Crippen molar-refractivity contribution in [1.29, 1.82) is 0 Å². The lowest BCUT2D eigenvalue weighted by Gasteiger charge is -2.38. The Morgan fingerprint density at radius 3 is 2.71 bits per heavy atom. The summed E-state index contributed by atoms with van der Waals surface area (Å²) in [5.41, 5.74) is -1.85. The second kappa shape index (κ2) is 7.34. The number of benzene rings is 1. The van der Waals surface area contributed by atoms with Gasteiger partial charge in [0.25, 0.3) is 5.56 Å². The maximum atomic E-state index is 12.7. The second-order valence-electron chi connectivity index (χ2n) is 6.64. The number of carbonyl (C=O) groups is 1. The molecule has 1 fully saturated rings. The zero-order valence-electron chi connectivity index (χ0n) is 15.2. The Balaban J connectivity index is 2.01. The third-order valence-corrected chi connectivity index (χ3v) is 5.86. The van der Waals surface area contributed by atoms with E-state index >= 15 is 0 Å². The smallest absolute Gasteiger partial charge is 0.330 e. The van der Waals surface area contributed by atoms with E-state index in [2.05, 4.69) is 14.4 Å². The molecule has 0 atom stereocenters. The molecule has 150 valence electrons. The first-order valence-electron chi connectivity index (χ1n) is 8.28. The number of hydrogen-bond acceptors (Lipinski definition) is 7. The third kappa shape index (κ3) is 3.91. The second-order valence-corrected chi connectivity index (χ2v) is 8.32. The van der Waals surface area contributed by atoms with Gasteiger partial charge in [0.05, 0.1) is 41.7 Å². The first-order valence-corrected chi connectivity index (χ1v) is 9.77. The summed E-state index contributed by atoms with van der Waals surface area (Å²) in [5.74, 6) is -0.627. The standard InChI is InChI=1S/C17H19N3O7S/c1-17(9-27-10-17)19-28(24,25)11-5-6-13-12(8-11)15(22)20(16(23)18-13)7-3-4-14(21)26-2/h3-6,8,19H,7,9-10H2,1-2H3,(H,18,23). The molecular formula is C17H19N3O7S. The van der Waals surface area contributed by atoms with Crippen molar-refractivity contribution >= 4 is 26.9 Å². The van der Waals surface area contributed by atoms with Crippen molar-refractivity contribution in [2.45, 2.75) is 23.9 Å². The maximum absolute atomic E-state index is 12.7. The SMILES string of the molecule is COC(=O)C=CCn1c(=O)[nH]c2ccc(S(=O)(=O)NC3(C)COC3)cc2c1=O. The predicted octanol–water partition coefficient (Wildman–Crippen LogP) is -0.514. The summed E-state index contributed by atoms with van der Waals surface area (Å²) in [5, 5.41) is 0.0314. The molecule has 2 aromatic rings. The maximum Gasteiger partial charge on any atom is 0.330 e. The minimum atomic E-state index is -3.89. The lowest BCUT2D eigenvalue weighted by atomic mass is 10.0. The Hall–Kier alpha value is -2.76.